The summed E-state index contributed by atoms with van der Waals surface area (Å²) in [6.45, 7) is 4.01. The Kier molecular flexibility index (Phi) is 4.03. The van der Waals surface area contributed by atoms with E-state index in [-0.39, 0.29) is 0 Å². The fourth-order valence-corrected chi connectivity index (χ4v) is 1.90. The van der Waals surface area contributed by atoms with Crippen LogP contribution >= 0.6 is 0 Å². The summed E-state index contributed by atoms with van der Waals surface area (Å²) >= 11 is 0. The Hall–Kier alpha value is -2.21. The summed E-state index contributed by atoms with van der Waals surface area (Å²) in [7, 11) is 0. The Morgan fingerprint density at radius 3 is 3.00 bits per heavy atom. The predicted molar refractivity (Wildman–Crippen MR) is 73.2 cm³/mol. The molecule has 3 nitrogen and oxygen atoms in total. The Morgan fingerprint density at radius 1 is 1.33 bits per heavy atom. The van der Waals surface area contributed by atoms with Crippen LogP contribution in [-0.4, -0.2) is 4.57 Å². The van der Waals surface area contributed by atoms with Crippen molar-refractivity contribution in [2.75, 3.05) is 5.32 Å². The molecule has 0 bridgehead atoms. The Labute approximate surface area is 108 Å². The lowest BCUT2D eigenvalue weighted by molar-refractivity contribution is 0.682. The normalized spacial score (nSPS) is 10.0. The number of hydrogen-bond acceptors (Lipinski definition) is 2. The molecule has 0 saturated heterocycles. The third-order valence-electron chi connectivity index (χ3n) is 2.78. The minimum Gasteiger partial charge on any atom is -0.381 e. The molecule has 3 heteroatoms. The smallest absolute Gasteiger partial charge is 0.0992 e. The first-order valence-electron chi connectivity index (χ1n) is 6.20. The van der Waals surface area contributed by atoms with Gasteiger partial charge in [-0.1, -0.05) is 13.0 Å². The third-order valence-corrected chi connectivity index (χ3v) is 2.78. The first kappa shape index (κ1) is 12.3. The zero-order chi connectivity index (χ0) is 12.8. The zero-order valence-electron chi connectivity index (χ0n) is 10.6. The number of aryl methyl sites for hydroxylation is 1. The largest absolute Gasteiger partial charge is 0.381 e. The van der Waals surface area contributed by atoms with Crippen molar-refractivity contribution in [1.82, 2.24) is 4.57 Å². The molecule has 1 heterocycles. The molecule has 1 aromatic heterocycles. The second kappa shape index (κ2) is 5.92. The Balaban J connectivity index is 1.96. The van der Waals surface area contributed by atoms with Crippen LogP contribution in [0.1, 0.15) is 24.5 Å². The van der Waals surface area contributed by atoms with Crippen molar-refractivity contribution in [3.63, 3.8) is 0 Å². The SMILES string of the molecule is CCCn1ccc(CNc2cccc(C#N)c2)c1. The van der Waals surface area contributed by atoms with Gasteiger partial charge in [-0.2, -0.15) is 5.26 Å². The number of aromatic nitrogens is 1. The maximum Gasteiger partial charge on any atom is 0.0992 e. The van der Waals surface area contributed by atoms with E-state index in [0.29, 0.717) is 5.56 Å². The van der Waals surface area contributed by atoms with Gasteiger partial charge in [0.15, 0.2) is 0 Å². The molecular formula is C15H17N3. The van der Waals surface area contributed by atoms with Crippen molar-refractivity contribution < 1.29 is 0 Å². The molecule has 0 radical (unpaired) electrons. The van der Waals surface area contributed by atoms with Crippen molar-refractivity contribution in [2.24, 2.45) is 0 Å². The molecule has 0 aliphatic carbocycles. The lowest BCUT2D eigenvalue weighted by Gasteiger charge is -2.05. The first-order chi connectivity index (χ1) is 8.81. The van der Waals surface area contributed by atoms with Gasteiger partial charge in [-0.05, 0) is 36.2 Å². The molecule has 1 N–H and O–H groups in total. The number of hydrogen-bond donors (Lipinski definition) is 1. The summed E-state index contributed by atoms with van der Waals surface area (Å²) in [6.07, 6.45) is 5.41. The molecule has 2 rings (SSSR count). The third kappa shape index (κ3) is 3.14. The van der Waals surface area contributed by atoms with Gasteiger partial charge >= 0.3 is 0 Å². The summed E-state index contributed by atoms with van der Waals surface area (Å²) in [5.74, 6) is 0. The van der Waals surface area contributed by atoms with E-state index in [9.17, 15) is 0 Å². The van der Waals surface area contributed by atoms with E-state index in [1.54, 1.807) is 0 Å². The summed E-state index contributed by atoms with van der Waals surface area (Å²) in [4.78, 5) is 0. The summed E-state index contributed by atoms with van der Waals surface area (Å²) in [5, 5.41) is 12.2. The van der Waals surface area contributed by atoms with Crippen LogP contribution in [0.2, 0.25) is 0 Å². The monoisotopic (exact) mass is 239 g/mol. The number of nitrogens with one attached hydrogen (secondary N) is 1. The van der Waals surface area contributed by atoms with Crippen LogP contribution in [0, 0.1) is 11.3 Å². The van der Waals surface area contributed by atoms with E-state index < -0.39 is 0 Å². The van der Waals surface area contributed by atoms with Crippen molar-refractivity contribution in [3.8, 4) is 6.07 Å². The maximum absolute atomic E-state index is 8.83. The molecule has 0 aliphatic rings. The van der Waals surface area contributed by atoms with Crippen molar-refractivity contribution in [2.45, 2.75) is 26.4 Å². The predicted octanol–water partition coefficient (Wildman–Crippen LogP) is 3.38. The standard InChI is InChI=1S/C15H17N3/c1-2-7-18-8-6-14(12-18)11-17-15-5-3-4-13(9-15)10-16/h3-6,8-9,12,17H,2,7,11H2,1H3. The van der Waals surface area contributed by atoms with E-state index in [4.69, 9.17) is 5.26 Å². The van der Waals surface area contributed by atoms with Gasteiger partial charge in [0, 0.05) is 31.2 Å². The van der Waals surface area contributed by atoms with Crippen molar-refractivity contribution in [1.29, 1.82) is 5.26 Å². The molecular weight excluding hydrogens is 222 g/mol. The quantitative estimate of drug-likeness (QED) is 0.869. The van der Waals surface area contributed by atoms with Gasteiger partial charge in [-0.3, -0.25) is 0 Å². The second-order valence-electron chi connectivity index (χ2n) is 4.30. The van der Waals surface area contributed by atoms with Gasteiger partial charge in [0.2, 0.25) is 0 Å². The molecule has 0 unspecified atom stereocenters. The molecule has 0 atom stereocenters. The summed E-state index contributed by atoms with van der Waals surface area (Å²) in [6, 6.07) is 11.8. The highest BCUT2D eigenvalue weighted by molar-refractivity contribution is 5.49. The number of nitriles is 1. The van der Waals surface area contributed by atoms with Crippen LogP contribution in [0.15, 0.2) is 42.7 Å². The molecule has 1 aromatic carbocycles. The average molecular weight is 239 g/mol. The lowest BCUT2D eigenvalue weighted by Crippen LogP contribution is -1.99. The van der Waals surface area contributed by atoms with Crippen molar-refractivity contribution in [3.05, 3.63) is 53.9 Å². The van der Waals surface area contributed by atoms with Crippen LogP contribution in [0.4, 0.5) is 5.69 Å². The van der Waals surface area contributed by atoms with E-state index in [1.807, 2.05) is 24.3 Å². The average Bonchev–Trinajstić information content (AvgIpc) is 2.85. The molecule has 2 aromatic rings. The van der Waals surface area contributed by atoms with Gasteiger partial charge in [0.1, 0.15) is 0 Å². The fourth-order valence-electron chi connectivity index (χ4n) is 1.90. The highest BCUT2D eigenvalue weighted by atomic mass is 14.9. The molecule has 18 heavy (non-hydrogen) atoms. The molecule has 0 fully saturated rings. The topological polar surface area (TPSA) is 40.8 Å². The molecule has 92 valence electrons. The molecule has 0 spiro atoms. The Bertz CT molecular complexity index is 549. The first-order valence-corrected chi connectivity index (χ1v) is 6.20. The highest BCUT2D eigenvalue weighted by Crippen LogP contribution is 2.12. The van der Waals surface area contributed by atoms with Gasteiger partial charge in [0.05, 0.1) is 11.6 Å². The van der Waals surface area contributed by atoms with Crippen LogP contribution in [0.5, 0.6) is 0 Å². The number of nitrogens with zero attached hydrogens (tertiary/aromatic N) is 2. The molecule has 0 aliphatic heterocycles. The van der Waals surface area contributed by atoms with Gasteiger partial charge in [-0.15, -0.1) is 0 Å². The fraction of sp³-hybridized carbons (Fsp3) is 0.267. The van der Waals surface area contributed by atoms with Gasteiger partial charge < -0.3 is 9.88 Å². The van der Waals surface area contributed by atoms with E-state index >= 15 is 0 Å². The number of benzene rings is 1. The van der Waals surface area contributed by atoms with Crippen LogP contribution in [0.25, 0.3) is 0 Å². The molecule has 0 amide bonds. The van der Waals surface area contributed by atoms with Crippen LogP contribution in [0.3, 0.4) is 0 Å². The van der Waals surface area contributed by atoms with E-state index in [2.05, 4.69) is 41.3 Å². The van der Waals surface area contributed by atoms with Gasteiger partial charge in [-0.25, -0.2) is 0 Å². The lowest BCUT2D eigenvalue weighted by atomic mass is 10.2. The molecule has 0 saturated carbocycles. The maximum atomic E-state index is 8.83. The van der Waals surface area contributed by atoms with Crippen molar-refractivity contribution >= 4 is 5.69 Å². The number of rotatable bonds is 5. The van der Waals surface area contributed by atoms with Crippen LogP contribution in [-0.2, 0) is 13.1 Å². The zero-order valence-corrected chi connectivity index (χ0v) is 10.6. The highest BCUT2D eigenvalue weighted by Gasteiger charge is 1.98. The van der Waals surface area contributed by atoms with E-state index in [0.717, 1.165) is 25.2 Å². The summed E-state index contributed by atoms with van der Waals surface area (Å²) in [5.41, 5.74) is 2.92. The minimum absolute atomic E-state index is 0.684. The minimum atomic E-state index is 0.684. The second-order valence-corrected chi connectivity index (χ2v) is 4.30. The van der Waals surface area contributed by atoms with Gasteiger partial charge in [0.25, 0.3) is 0 Å². The number of anilines is 1. The van der Waals surface area contributed by atoms with E-state index in [1.165, 1.54) is 5.56 Å². The Morgan fingerprint density at radius 2 is 2.22 bits per heavy atom. The van der Waals surface area contributed by atoms with Crippen LogP contribution < -0.4 is 5.32 Å². The summed E-state index contributed by atoms with van der Waals surface area (Å²) < 4.78 is 2.20.